The first-order valence-electron chi connectivity index (χ1n) is 5.54. The lowest BCUT2D eigenvalue weighted by Crippen LogP contribution is -2.32. The molecule has 0 saturated heterocycles. The average Bonchev–Trinajstić information content (AvgIpc) is 2.35. The number of rotatable bonds is 5. The van der Waals surface area contributed by atoms with Crippen molar-refractivity contribution in [2.24, 2.45) is 5.92 Å². The molecule has 0 radical (unpaired) electrons. The molecule has 0 spiro atoms. The highest BCUT2D eigenvalue weighted by molar-refractivity contribution is 5.77. The van der Waals surface area contributed by atoms with E-state index in [1.54, 1.807) is 7.05 Å². The molecule has 0 N–H and O–H groups in total. The van der Waals surface area contributed by atoms with Crippen LogP contribution in [0, 0.1) is 5.92 Å². The van der Waals surface area contributed by atoms with Gasteiger partial charge in [-0.2, -0.15) is 0 Å². The third-order valence-corrected chi connectivity index (χ3v) is 2.75. The first-order valence-corrected chi connectivity index (χ1v) is 5.54. The normalized spacial score (nSPS) is 12.2. The Morgan fingerprint density at radius 1 is 1.38 bits per heavy atom. The summed E-state index contributed by atoms with van der Waals surface area (Å²) in [6.07, 6.45) is 1.59. The number of hydroxylamine groups is 2. The number of amides is 1. The molecule has 16 heavy (non-hydrogen) atoms. The van der Waals surface area contributed by atoms with Crippen molar-refractivity contribution in [3.05, 3.63) is 35.9 Å². The molecule has 0 unspecified atom stereocenters. The minimum atomic E-state index is -0.00708. The highest BCUT2D eigenvalue weighted by Gasteiger charge is 2.20. The Labute approximate surface area is 97.0 Å². The van der Waals surface area contributed by atoms with Crippen LogP contribution in [0.25, 0.3) is 0 Å². The minimum absolute atomic E-state index is 0.00708. The van der Waals surface area contributed by atoms with Gasteiger partial charge in [0.05, 0.1) is 7.11 Å². The Balaban J connectivity index is 2.66. The van der Waals surface area contributed by atoms with Crippen molar-refractivity contribution in [2.75, 3.05) is 14.2 Å². The zero-order chi connectivity index (χ0) is 12.0. The lowest BCUT2D eigenvalue weighted by atomic mass is 9.96. The lowest BCUT2D eigenvalue weighted by molar-refractivity contribution is -0.173. The summed E-state index contributed by atoms with van der Waals surface area (Å²) < 4.78 is 0. The van der Waals surface area contributed by atoms with Gasteiger partial charge in [-0.25, -0.2) is 5.06 Å². The molecule has 1 rings (SSSR count). The van der Waals surface area contributed by atoms with Crippen molar-refractivity contribution in [3.63, 3.8) is 0 Å². The van der Waals surface area contributed by atoms with Crippen LogP contribution in [0.1, 0.15) is 18.9 Å². The van der Waals surface area contributed by atoms with Crippen molar-refractivity contribution in [1.29, 1.82) is 0 Å². The predicted octanol–water partition coefficient (Wildman–Crippen LogP) is 2.28. The van der Waals surface area contributed by atoms with E-state index in [2.05, 4.69) is 0 Å². The molecule has 1 amide bonds. The van der Waals surface area contributed by atoms with Crippen LogP contribution >= 0.6 is 0 Å². The van der Waals surface area contributed by atoms with Gasteiger partial charge in [-0.1, -0.05) is 37.3 Å². The Bertz CT molecular complexity index is 324. The van der Waals surface area contributed by atoms with Gasteiger partial charge in [0.25, 0.3) is 0 Å². The topological polar surface area (TPSA) is 29.5 Å². The van der Waals surface area contributed by atoms with Gasteiger partial charge in [-0.15, -0.1) is 0 Å². The summed E-state index contributed by atoms with van der Waals surface area (Å²) in [5.74, 6) is 0.0289. The van der Waals surface area contributed by atoms with Gasteiger partial charge in [-0.05, 0) is 18.4 Å². The molecule has 0 aliphatic carbocycles. The zero-order valence-corrected chi connectivity index (χ0v) is 10.1. The summed E-state index contributed by atoms with van der Waals surface area (Å²) in [6, 6.07) is 10.1. The lowest BCUT2D eigenvalue weighted by Gasteiger charge is -2.20. The van der Waals surface area contributed by atoms with Crippen molar-refractivity contribution in [3.8, 4) is 0 Å². The molecule has 0 fully saturated rings. The summed E-state index contributed by atoms with van der Waals surface area (Å²) in [6.45, 7) is 2.02. The van der Waals surface area contributed by atoms with Crippen LogP contribution in [0.3, 0.4) is 0 Å². The number of benzene rings is 1. The van der Waals surface area contributed by atoms with E-state index in [-0.39, 0.29) is 11.8 Å². The molecule has 88 valence electrons. The Kier molecular flexibility index (Phi) is 4.99. The van der Waals surface area contributed by atoms with Crippen molar-refractivity contribution in [2.45, 2.75) is 19.8 Å². The molecular formula is C13H19NO2. The standard InChI is InChI=1S/C13H19NO2/c1-4-12(13(15)14(2)16-3)10-11-8-6-5-7-9-11/h5-9,12H,4,10H2,1-3H3/t12-/m0/s1. The third-order valence-electron chi connectivity index (χ3n) is 2.75. The molecule has 0 aliphatic heterocycles. The largest absolute Gasteiger partial charge is 0.275 e. The molecule has 3 nitrogen and oxygen atoms in total. The Morgan fingerprint density at radius 2 is 2.00 bits per heavy atom. The van der Waals surface area contributed by atoms with E-state index >= 15 is 0 Å². The smallest absolute Gasteiger partial charge is 0.249 e. The molecule has 0 aliphatic rings. The average molecular weight is 221 g/mol. The molecule has 1 aromatic carbocycles. The summed E-state index contributed by atoms with van der Waals surface area (Å²) in [5, 5.41) is 1.30. The van der Waals surface area contributed by atoms with E-state index in [1.807, 2.05) is 37.3 Å². The van der Waals surface area contributed by atoms with Crippen molar-refractivity contribution in [1.82, 2.24) is 5.06 Å². The molecular weight excluding hydrogens is 202 g/mol. The van der Waals surface area contributed by atoms with Gasteiger partial charge in [0, 0.05) is 13.0 Å². The van der Waals surface area contributed by atoms with E-state index in [0.717, 1.165) is 12.8 Å². The maximum absolute atomic E-state index is 11.9. The van der Waals surface area contributed by atoms with E-state index in [0.29, 0.717) is 0 Å². The van der Waals surface area contributed by atoms with Crippen LogP contribution in [0.15, 0.2) is 30.3 Å². The third kappa shape index (κ3) is 3.35. The summed E-state index contributed by atoms with van der Waals surface area (Å²) in [7, 11) is 3.16. The van der Waals surface area contributed by atoms with Gasteiger partial charge in [0.2, 0.25) is 5.91 Å². The maximum atomic E-state index is 11.9. The number of hydrogen-bond donors (Lipinski definition) is 0. The SMILES string of the molecule is CC[C@@H](Cc1ccccc1)C(=O)N(C)OC. The Hall–Kier alpha value is -1.35. The Morgan fingerprint density at radius 3 is 2.50 bits per heavy atom. The molecule has 1 aromatic rings. The summed E-state index contributed by atoms with van der Waals surface area (Å²) in [4.78, 5) is 16.8. The molecule has 0 heterocycles. The van der Waals surface area contributed by atoms with Gasteiger partial charge >= 0.3 is 0 Å². The van der Waals surface area contributed by atoms with Crippen molar-refractivity contribution < 1.29 is 9.63 Å². The van der Waals surface area contributed by atoms with E-state index in [9.17, 15) is 4.79 Å². The first-order chi connectivity index (χ1) is 7.69. The minimum Gasteiger partial charge on any atom is -0.275 e. The number of carbonyl (C=O) groups is 1. The number of hydrogen-bond acceptors (Lipinski definition) is 2. The highest BCUT2D eigenvalue weighted by Crippen LogP contribution is 2.14. The quantitative estimate of drug-likeness (QED) is 0.714. The first kappa shape index (κ1) is 12.7. The van der Waals surface area contributed by atoms with Crippen LogP contribution < -0.4 is 0 Å². The monoisotopic (exact) mass is 221 g/mol. The van der Waals surface area contributed by atoms with Crippen LogP contribution in [0.5, 0.6) is 0 Å². The van der Waals surface area contributed by atoms with E-state index in [1.165, 1.54) is 17.7 Å². The number of nitrogens with zero attached hydrogens (tertiary/aromatic N) is 1. The van der Waals surface area contributed by atoms with E-state index < -0.39 is 0 Å². The van der Waals surface area contributed by atoms with Crippen molar-refractivity contribution >= 4 is 5.91 Å². The fourth-order valence-corrected chi connectivity index (χ4v) is 1.65. The molecule has 0 saturated carbocycles. The van der Waals surface area contributed by atoms with Gasteiger partial charge < -0.3 is 0 Å². The maximum Gasteiger partial charge on any atom is 0.249 e. The molecule has 3 heteroatoms. The van der Waals surface area contributed by atoms with Gasteiger partial charge in [0.1, 0.15) is 0 Å². The second kappa shape index (κ2) is 6.28. The second-order valence-electron chi connectivity index (χ2n) is 3.81. The molecule has 0 aromatic heterocycles. The molecule has 1 atom stereocenters. The summed E-state index contributed by atoms with van der Waals surface area (Å²) in [5.41, 5.74) is 1.19. The highest BCUT2D eigenvalue weighted by atomic mass is 16.7. The van der Waals surface area contributed by atoms with E-state index in [4.69, 9.17) is 4.84 Å². The van der Waals surface area contributed by atoms with Gasteiger partial charge in [0.15, 0.2) is 0 Å². The zero-order valence-electron chi connectivity index (χ0n) is 10.1. The number of carbonyl (C=O) groups excluding carboxylic acids is 1. The second-order valence-corrected chi connectivity index (χ2v) is 3.81. The molecule has 0 bridgehead atoms. The van der Waals surface area contributed by atoms with Crippen LogP contribution in [0.2, 0.25) is 0 Å². The van der Waals surface area contributed by atoms with Crippen LogP contribution in [-0.4, -0.2) is 25.1 Å². The fourth-order valence-electron chi connectivity index (χ4n) is 1.65. The van der Waals surface area contributed by atoms with Gasteiger partial charge in [-0.3, -0.25) is 9.63 Å². The van der Waals surface area contributed by atoms with Crippen LogP contribution in [0.4, 0.5) is 0 Å². The van der Waals surface area contributed by atoms with Crippen LogP contribution in [-0.2, 0) is 16.1 Å². The predicted molar refractivity (Wildman–Crippen MR) is 63.7 cm³/mol. The fraction of sp³-hybridized carbons (Fsp3) is 0.462. The summed E-state index contributed by atoms with van der Waals surface area (Å²) >= 11 is 0.